The van der Waals surface area contributed by atoms with Crippen molar-refractivity contribution < 1.29 is 9.59 Å². The highest BCUT2D eigenvalue weighted by Crippen LogP contribution is 2.23. The molecule has 4 aromatic rings. The summed E-state index contributed by atoms with van der Waals surface area (Å²) in [5.41, 5.74) is 2.81. The minimum absolute atomic E-state index is 0.0410. The molecule has 0 aliphatic carbocycles. The first-order valence-corrected chi connectivity index (χ1v) is 10.6. The van der Waals surface area contributed by atoms with E-state index in [1.54, 1.807) is 35.1 Å². The van der Waals surface area contributed by atoms with E-state index in [1.165, 1.54) is 6.20 Å². The van der Waals surface area contributed by atoms with Crippen LogP contribution >= 0.6 is 11.6 Å². The van der Waals surface area contributed by atoms with E-state index in [-0.39, 0.29) is 11.9 Å². The number of anilines is 1. The van der Waals surface area contributed by atoms with Crippen molar-refractivity contribution in [3.05, 3.63) is 88.7 Å². The van der Waals surface area contributed by atoms with Crippen molar-refractivity contribution in [2.75, 3.05) is 5.32 Å². The molecule has 32 heavy (non-hydrogen) atoms. The van der Waals surface area contributed by atoms with E-state index in [0.717, 1.165) is 10.9 Å². The Morgan fingerprint density at radius 3 is 2.56 bits per heavy atom. The summed E-state index contributed by atoms with van der Waals surface area (Å²) in [5.74, 6) is -0.682. The second-order valence-electron chi connectivity index (χ2n) is 7.70. The molecular formula is C24H22ClN5O2. The average Bonchev–Trinajstić information content (AvgIpc) is 3.16. The molecule has 2 N–H and O–H groups in total. The van der Waals surface area contributed by atoms with E-state index in [9.17, 15) is 9.59 Å². The van der Waals surface area contributed by atoms with Crippen LogP contribution in [-0.4, -0.2) is 32.6 Å². The fraction of sp³-hybridized carbons (Fsp3) is 0.167. The van der Waals surface area contributed by atoms with Crippen LogP contribution in [0.2, 0.25) is 5.02 Å². The molecule has 162 valence electrons. The van der Waals surface area contributed by atoms with E-state index in [0.29, 0.717) is 34.0 Å². The van der Waals surface area contributed by atoms with E-state index in [1.807, 2.05) is 44.2 Å². The van der Waals surface area contributed by atoms with Crippen LogP contribution in [0.4, 0.5) is 5.69 Å². The maximum Gasteiger partial charge on any atom is 0.257 e. The molecule has 0 spiro atoms. The molecule has 0 radical (unpaired) electrons. The number of hydrogen-bond acceptors (Lipinski definition) is 4. The summed E-state index contributed by atoms with van der Waals surface area (Å²) in [4.78, 5) is 29.9. The van der Waals surface area contributed by atoms with Crippen molar-refractivity contribution in [2.24, 2.45) is 0 Å². The van der Waals surface area contributed by atoms with Gasteiger partial charge in [-0.05, 0) is 43.7 Å². The largest absolute Gasteiger partial charge is 0.350 e. The first kappa shape index (κ1) is 21.5. The number of benzene rings is 2. The molecule has 2 aromatic heterocycles. The number of rotatable bonds is 6. The van der Waals surface area contributed by atoms with Gasteiger partial charge in [-0.25, -0.2) is 9.67 Å². The topological polar surface area (TPSA) is 88.9 Å². The molecule has 2 aromatic carbocycles. The van der Waals surface area contributed by atoms with Gasteiger partial charge < -0.3 is 10.6 Å². The molecule has 7 nitrogen and oxygen atoms in total. The predicted octanol–water partition coefficient (Wildman–Crippen LogP) is 4.52. The number of halogens is 1. The highest BCUT2D eigenvalue weighted by molar-refractivity contribution is 6.31. The summed E-state index contributed by atoms with van der Waals surface area (Å²) in [7, 11) is 0. The number of fused-ring (bicyclic) bond motifs is 1. The van der Waals surface area contributed by atoms with Crippen LogP contribution in [0.5, 0.6) is 0 Å². The number of aromatic nitrogens is 3. The zero-order chi connectivity index (χ0) is 22.7. The quantitative estimate of drug-likeness (QED) is 0.454. The van der Waals surface area contributed by atoms with Crippen LogP contribution in [-0.2, 0) is 6.54 Å². The summed E-state index contributed by atoms with van der Waals surface area (Å²) in [5, 5.41) is 11.2. The summed E-state index contributed by atoms with van der Waals surface area (Å²) in [6.45, 7) is 4.32. The molecule has 0 aliphatic rings. The van der Waals surface area contributed by atoms with Gasteiger partial charge in [0.15, 0.2) is 5.65 Å². The summed E-state index contributed by atoms with van der Waals surface area (Å²) in [6.07, 6.45) is 3.18. The Kier molecular flexibility index (Phi) is 6.18. The van der Waals surface area contributed by atoms with Crippen LogP contribution in [0.25, 0.3) is 11.0 Å². The van der Waals surface area contributed by atoms with Gasteiger partial charge in [-0.15, -0.1) is 0 Å². The SMILES string of the molecule is CC(C)NC(=O)c1ccc(Cl)cc1NC(=O)c1cnc2c(cnn2Cc2ccccc2)c1. The smallest absolute Gasteiger partial charge is 0.257 e. The Balaban J connectivity index is 1.57. The van der Waals surface area contributed by atoms with Gasteiger partial charge in [-0.1, -0.05) is 41.9 Å². The van der Waals surface area contributed by atoms with Crippen molar-refractivity contribution in [3.63, 3.8) is 0 Å². The van der Waals surface area contributed by atoms with Gasteiger partial charge in [0.1, 0.15) is 0 Å². The average molecular weight is 448 g/mol. The lowest BCUT2D eigenvalue weighted by Gasteiger charge is -2.13. The minimum atomic E-state index is -0.393. The summed E-state index contributed by atoms with van der Waals surface area (Å²) >= 11 is 6.10. The number of nitrogens with zero attached hydrogens (tertiary/aromatic N) is 3. The molecule has 8 heteroatoms. The van der Waals surface area contributed by atoms with Crippen LogP contribution in [0.3, 0.4) is 0 Å². The Bertz CT molecular complexity index is 1280. The number of amides is 2. The molecular weight excluding hydrogens is 426 g/mol. The zero-order valence-corrected chi connectivity index (χ0v) is 18.4. The van der Waals surface area contributed by atoms with Gasteiger partial charge in [-0.3, -0.25) is 9.59 Å². The van der Waals surface area contributed by atoms with Crippen molar-refractivity contribution in [3.8, 4) is 0 Å². The second-order valence-corrected chi connectivity index (χ2v) is 8.13. The van der Waals surface area contributed by atoms with Crippen molar-refractivity contribution in [2.45, 2.75) is 26.4 Å². The number of carbonyl (C=O) groups excluding carboxylic acids is 2. The maximum absolute atomic E-state index is 12.9. The summed E-state index contributed by atoms with van der Waals surface area (Å²) in [6, 6.07) is 16.4. The lowest BCUT2D eigenvalue weighted by molar-refractivity contribution is 0.0944. The van der Waals surface area contributed by atoms with Crippen LogP contribution in [0.15, 0.2) is 67.0 Å². The molecule has 0 bridgehead atoms. The summed E-state index contributed by atoms with van der Waals surface area (Å²) < 4.78 is 1.79. The second kappa shape index (κ2) is 9.20. The van der Waals surface area contributed by atoms with Gasteiger partial charge in [0, 0.05) is 22.6 Å². The Labute approximate surface area is 190 Å². The molecule has 0 aliphatic heterocycles. The fourth-order valence-electron chi connectivity index (χ4n) is 3.32. The minimum Gasteiger partial charge on any atom is -0.350 e. The Hall–Kier alpha value is -3.71. The van der Waals surface area contributed by atoms with Crippen LogP contribution in [0.1, 0.15) is 40.1 Å². The van der Waals surface area contributed by atoms with Gasteiger partial charge in [-0.2, -0.15) is 5.10 Å². The third kappa shape index (κ3) is 4.78. The zero-order valence-electron chi connectivity index (χ0n) is 17.7. The number of pyridine rings is 1. The first-order chi connectivity index (χ1) is 15.4. The number of nitrogens with one attached hydrogen (secondary N) is 2. The molecule has 0 atom stereocenters. The van der Waals surface area contributed by atoms with E-state index in [2.05, 4.69) is 20.7 Å². The molecule has 0 saturated heterocycles. The van der Waals surface area contributed by atoms with Gasteiger partial charge in [0.05, 0.1) is 29.6 Å². The molecule has 0 saturated carbocycles. The van der Waals surface area contributed by atoms with E-state index < -0.39 is 5.91 Å². The molecule has 0 unspecified atom stereocenters. The molecule has 2 heterocycles. The number of carbonyl (C=O) groups is 2. The normalized spacial score (nSPS) is 11.0. The Morgan fingerprint density at radius 1 is 1.03 bits per heavy atom. The van der Waals surface area contributed by atoms with Crippen molar-refractivity contribution in [1.82, 2.24) is 20.1 Å². The first-order valence-electron chi connectivity index (χ1n) is 10.2. The third-order valence-corrected chi connectivity index (χ3v) is 5.04. The van der Waals surface area contributed by atoms with E-state index in [4.69, 9.17) is 11.6 Å². The standard InChI is InChI=1S/C24H22ClN5O2/c1-15(2)28-24(32)20-9-8-19(25)11-21(20)29-23(31)18-10-17-13-27-30(22(17)26-12-18)14-16-6-4-3-5-7-16/h3-13,15H,14H2,1-2H3,(H,28,32)(H,29,31). The van der Waals surface area contributed by atoms with Crippen LogP contribution in [0, 0.1) is 0 Å². The molecule has 0 fully saturated rings. The monoisotopic (exact) mass is 447 g/mol. The molecule has 2 amide bonds. The van der Waals surface area contributed by atoms with Crippen molar-refractivity contribution >= 4 is 40.1 Å². The third-order valence-electron chi connectivity index (χ3n) is 4.81. The predicted molar refractivity (Wildman–Crippen MR) is 125 cm³/mol. The highest BCUT2D eigenvalue weighted by atomic mass is 35.5. The number of hydrogen-bond donors (Lipinski definition) is 2. The van der Waals surface area contributed by atoms with Gasteiger partial charge in [0.2, 0.25) is 0 Å². The highest BCUT2D eigenvalue weighted by Gasteiger charge is 2.17. The lowest BCUT2D eigenvalue weighted by Crippen LogP contribution is -2.31. The van der Waals surface area contributed by atoms with E-state index >= 15 is 0 Å². The lowest BCUT2D eigenvalue weighted by atomic mass is 10.1. The maximum atomic E-state index is 12.9. The van der Waals surface area contributed by atoms with Gasteiger partial charge in [0.25, 0.3) is 11.8 Å². The van der Waals surface area contributed by atoms with Crippen molar-refractivity contribution in [1.29, 1.82) is 0 Å². The Morgan fingerprint density at radius 2 is 1.81 bits per heavy atom. The van der Waals surface area contributed by atoms with Gasteiger partial charge >= 0.3 is 0 Å². The van der Waals surface area contributed by atoms with Crippen LogP contribution < -0.4 is 10.6 Å². The fourth-order valence-corrected chi connectivity index (χ4v) is 3.49. The molecule has 4 rings (SSSR count).